The molecule has 0 radical (unpaired) electrons. The Labute approximate surface area is 167 Å². The van der Waals surface area contributed by atoms with Gasteiger partial charge >= 0.3 is 6.03 Å². The number of urea groups is 1. The van der Waals surface area contributed by atoms with E-state index in [9.17, 15) is 9.59 Å². The Morgan fingerprint density at radius 3 is 2.66 bits per heavy atom. The number of hydrogen-bond donors (Lipinski definition) is 2. The molecule has 1 fully saturated rings. The van der Waals surface area contributed by atoms with Crippen molar-refractivity contribution in [2.24, 2.45) is 0 Å². The summed E-state index contributed by atoms with van der Waals surface area (Å²) in [6, 6.07) is 6.63. The Kier molecular flexibility index (Phi) is 5.52. The van der Waals surface area contributed by atoms with E-state index in [-0.39, 0.29) is 18.7 Å². The summed E-state index contributed by atoms with van der Waals surface area (Å²) in [6.45, 7) is 5.90. The molecule has 0 aliphatic carbocycles. The maximum atomic E-state index is 12.4. The highest BCUT2D eigenvalue weighted by atomic mass is 16.7. The van der Waals surface area contributed by atoms with Gasteiger partial charge in [0.2, 0.25) is 6.79 Å². The molecule has 154 valence electrons. The number of benzene rings is 1. The highest BCUT2D eigenvalue weighted by Crippen LogP contribution is 2.34. The number of carbonyl (C=O) groups excluding carboxylic acids is 2. The predicted octanol–water partition coefficient (Wildman–Crippen LogP) is 1.29. The summed E-state index contributed by atoms with van der Waals surface area (Å²) in [5.41, 5.74) is 0.986. The van der Waals surface area contributed by atoms with Crippen molar-refractivity contribution in [2.75, 3.05) is 51.4 Å². The summed E-state index contributed by atoms with van der Waals surface area (Å²) in [5, 5.41) is 9.40. The number of piperazine rings is 1. The molecule has 1 saturated heterocycles. The van der Waals surface area contributed by atoms with Crippen molar-refractivity contribution in [3.05, 3.63) is 35.7 Å². The third kappa shape index (κ3) is 4.60. The second kappa shape index (κ2) is 8.39. The topological polar surface area (TPSA) is 109 Å². The Morgan fingerprint density at radius 1 is 1.10 bits per heavy atom. The van der Waals surface area contributed by atoms with Crippen molar-refractivity contribution in [3.8, 4) is 11.5 Å². The summed E-state index contributed by atoms with van der Waals surface area (Å²) in [4.78, 5) is 28.4. The molecule has 2 aliphatic rings. The number of nitrogens with zero attached hydrogens (tertiary/aromatic N) is 3. The van der Waals surface area contributed by atoms with E-state index in [0.717, 1.165) is 13.1 Å². The molecule has 1 aromatic heterocycles. The molecule has 3 heterocycles. The molecule has 10 nitrogen and oxygen atoms in total. The van der Waals surface area contributed by atoms with Gasteiger partial charge in [0.15, 0.2) is 17.2 Å². The first-order valence-corrected chi connectivity index (χ1v) is 9.48. The number of carbonyl (C=O) groups is 2. The van der Waals surface area contributed by atoms with E-state index in [2.05, 4.69) is 20.7 Å². The normalized spacial score (nSPS) is 16.0. The van der Waals surface area contributed by atoms with Crippen molar-refractivity contribution < 1.29 is 23.6 Å². The third-order valence-electron chi connectivity index (χ3n) is 4.85. The van der Waals surface area contributed by atoms with Crippen molar-refractivity contribution >= 4 is 17.6 Å². The Hall–Kier alpha value is -3.27. The fourth-order valence-electron chi connectivity index (χ4n) is 3.28. The molecule has 2 aliphatic heterocycles. The van der Waals surface area contributed by atoms with Gasteiger partial charge in [0.1, 0.15) is 5.76 Å². The van der Waals surface area contributed by atoms with Crippen molar-refractivity contribution in [1.29, 1.82) is 0 Å². The maximum Gasteiger partial charge on any atom is 0.319 e. The van der Waals surface area contributed by atoms with Crippen molar-refractivity contribution in [1.82, 2.24) is 20.3 Å². The van der Waals surface area contributed by atoms with Crippen LogP contribution in [0.4, 0.5) is 10.5 Å². The van der Waals surface area contributed by atoms with Crippen LogP contribution in [0.25, 0.3) is 0 Å². The van der Waals surface area contributed by atoms with Gasteiger partial charge in [-0.1, -0.05) is 5.16 Å². The van der Waals surface area contributed by atoms with Gasteiger partial charge in [-0.15, -0.1) is 0 Å². The zero-order chi connectivity index (χ0) is 20.2. The number of anilines is 1. The summed E-state index contributed by atoms with van der Waals surface area (Å²) < 4.78 is 15.5. The largest absolute Gasteiger partial charge is 0.454 e. The Morgan fingerprint density at radius 2 is 1.90 bits per heavy atom. The summed E-state index contributed by atoms with van der Waals surface area (Å²) >= 11 is 0. The molecule has 3 amide bonds. The van der Waals surface area contributed by atoms with Gasteiger partial charge in [-0.2, -0.15) is 0 Å². The van der Waals surface area contributed by atoms with Crippen LogP contribution in [0.15, 0.2) is 28.8 Å². The lowest BCUT2D eigenvalue weighted by Crippen LogP contribution is -2.50. The van der Waals surface area contributed by atoms with E-state index in [1.54, 1.807) is 36.1 Å². The van der Waals surface area contributed by atoms with Gasteiger partial charge < -0.3 is 29.5 Å². The van der Waals surface area contributed by atoms with Crippen LogP contribution >= 0.6 is 0 Å². The molecule has 0 bridgehead atoms. The van der Waals surface area contributed by atoms with Crippen LogP contribution in [0, 0.1) is 6.92 Å². The molecule has 2 aromatic rings. The van der Waals surface area contributed by atoms with Gasteiger partial charge in [-0.3, -0.25) is 9.69 Å². The molecule has 0 unspecified atom stereocenters. The minimum absolute atomic E-state index is 0.109. The number of nitrogens with one attached hydrogen (secondary N) is 2. The summed E-state index contributed by atoms with van der Waals surface area (Å²) in [7, 11) is 0. The lowest BCUT2D eigenvalue weighted by molar-refractivity contribution is 0.0629. The lowest BCUT2D eigenvalue weighted by atomic mass is 10.2. The van der Waals surface area contributed by atoms with E-state index in [1.807, 2.05) is 0 Å². The number of amides is 3. The number of aromatic nitrogens is 1. The molecular weight excluding hydrogens is 378 g/mol. The van der Waals surface area contributed by atoms with Crippen LogP contribution in [0.5, 0.6) is 11.5 Å². The quantitative estimate of drug-likeness (QED) is 0.777. The molecule has 0 atom stereocenters. The average Bonchev–Trinajstić information content (AvgIpc) is 3.36. The van der Waals surface area contributed by atoms with Gasteiger partial charge in [0, 0.05) is 57.1 Å². The van der Waals surface area contributed by atoms with Crippen molar-refractivity contribution in [2.45, 2.75) is 6.92 Å². The second-order valence-electron chi connectivity index (χ2n) is 6.91. The predicted molar refractivity (Wildman–Crippen MR) is 103 cm³/mol. The monoisotopic (exact) mass is 401 g/mol. The van der Waals surface area contributed by atoms with E-state index < -0.39 is 0 Å². The van der Waals surface area contributed by atoms with E-state index in [0.29, 0.717) is 54.8 Å². The molecule has 29 heavy (non-hydrogen) atoms. The average molecular weight is 401 g/mol. The summed E-state index contributed by atoms with van der Waals surface area (Å²) in [5.74, 6) is 1.81. The second-order valence-corrected chi connectivity index (χ2v) is 6.91. The molecule has 1 aromatic carbocycles. The number of rotatable bonds is 5. The fourth-order valence-corrected chi connectivity index (χ4v) is 3.28. The van der Waals surface area contributed by atoms with Gasteiger partial charge in [0.25, 0.3) is 5.91 Å². The van der Waals surface area contributed by atoms with Crippen LogP contribution in [-0.2, 0) is 0 Å². The maximum absolute atomic E-state index is 12.4. The molecule has 2 N–H and O–H groups in total. The fraction of sp³-hybridized carbons (Fsp3) is 0.421. The van der Waals surface area contributed by atoms with Crippen LogP contribution < -0.4 is 20.1 Å². The minimum atomic E-state index is -0.279. The smallest absolute Gasteiger partial charge is 0.319 e. The highest BCUT2D eigenvalue weighted by Gasteiger charge is 2.24. The molecular formula is C19H23N5O5. The molecule has 4 rings (SSSR count). The number of aryl methyl sites for hydroxylation is 1. The van der Waals surface area contributed by atoms with Crippen molar-refractivity contribution in [3.63, 3.8) is 0 Å². The first kappa shape index (κ1) is 19.1. The molecule has 0 spiro atoms. The first-order valence-electron chi connectivity index (χ1n) is 9.48. The Balaban J connectivity index is 1.16. The lowest BCUT2D eigenvalue weighted by Gasteiger charge is -2.34. The Bertz CT molecular complexity index is 891. The van der Waals surface area contributed by atoms with Gasteiger partial charge in [0.05, 0.1) is 0 Å². The highest BCUT2D eigenvalue weighted by molar-refractivity contribution is 5.92. The van der Waals surface area contributed by atoms with Crippen LogP contribution in [0.1, 0.15) is 16.2 Å². The van der Waals surface area contributed by atoms with Crippen LogP contribution in [-0.4, -0.2) is 73.0 Å². The SMILES string of the molecule is Cc1cc(C(=O)N2CCN(CCNC(=O)Nc3ccc4c(c3)OCO4)CC2)no1. The zero-order valence-electron chi connectivity index (χ0n) is 16.1. The van der Waals surface area contributed by atoms with Gasteiger partial charge in [-0.05, 0) is 19.1 Å². The minimum Gasteiger partial charge on any atom is -0.454 e. The van der Waals surface area contributed by atoms with E-state index in [4.69, 9.17) is 14.0 Å². The van der Waals surface area contributed by atoms with E-state index >= 15 is 0 Å². The number of hydrogen-bond acceptors (Lipinski definition) is 7. The standard InChI is InChI=1S/C19H23N5O5/c1-13-10-15(22-29-13)18(25)24-8-6-23(7-9-24)5-4-20-19(26)21-14-2-3-16-17(11-14)28-12-27-16/h2-3,10-11H,4-9,12H2,1H3,(H2,20,21,26). The number of fused-ring (bicyclic) bond motifs is 1. The summed E-state index contributed by atoms with van der Waals surface area (Å²) in [6.07, 6.45) is 0. The van der Waals surface area contributed by atoms with E-state index in [1.165, 1.54) is 0 Å². The van der Waals surface area contributed by atoms with Crippen LogP contribution in [0.2, 0.25) is 0 Å². The molecule has 0 saturated carbocycles. The van der Waals surface area contributed by atoms with Crippen LogP contribution in [0.3, 0.4) is 0 Å². The third-order valence-corrected chi connectivity index (χ3v) is 4.85. The first-order chi connectivity index (χ1) is 14.1. The zero-order valence-corrected chi connectivity index (χ0v) is 16.1. The number of ether oxygens (including phenoxy) is 2. The molecule has 10 heteroatoms. The van der Waals surface area contributed by atoms with Gasteiger partial charge in [-0.25, -0.2) is 4.79 Å².